The summed E-state index contributed by atoms with van der Waals surface area (Å²) in [5.74, 6) is 3.19. The van der Waals surface area contributed by atoms with E-state index in [0.29, 0.717) is 30.7 Å². The predicted octanol–water partition coefficient (Wildman–Crippen LogP) is 3.82. The number of nitrogens with two attached hydrogens (primary N) is 1. The van der Waals surface area contributed by atoms with Crippen molar-refractivity contribution in [3.05, 3.63) is 30.1 Å². The molecule has 5 aliphatic carbocycles. The molecular formula is C25H35N3O2. The summed E-state index contributed by atoms with van der Waals surface area (Å²) >= 11 is 0. The maximum absolute atomic E-state index is 13.0. The number of rotatable bonds is 7. The van der Waals surface area contributed by atoms with Gasteiger partial charge in [-0.15, -0.1) is 0 Å². The lowest BCUT2D eigenvalue weighted by molar-refractivity contribution is -0.145. The first kappa shape index (κ1) is 20.0. The Morgan fingerprint density at radius 3 is 2.30 bits per heavy atom. The Bertz CT molecular complexity index is 759. The molecule has 1 heterocycles. The number of hydrogen-bond donors (Lipinski definition) is 2. The van der Waals surface area contributed by atoms with Gasteiger partial charge in [0.05, 0.1) is 12.2 Å². The van der Waals surface area contributed by atoms with Crippen molar-refractivity contribution in [1.29, 1.82) is 0 Å². The van der Waals surface area contributed by atoms with Gasteiger partial charge in [0, 0.05) is 18.5 Å². The first-order valence-electron chi connectivity index (χ1n) is 12.0. The molecule has 0 spiro atoms. The number of nitrogens with zero attached hydrogens (tertiary/aromatic N) is 1. The molecule has 1 aromatic rings. The summed E-state index contributed by atoms with van der Waals surface area (Å²) in [6.07, 6.45) is 12.8. The zero-order valence-corrected chi connectivity index (χ0v) is 17.9. The number of carbonyl (C=O) groups excluding carboxylic acids is 2. The second-order valence-electron chi connectivity index (χ2n) is 10.7. The molecule has 0 aliphatic heterocycles. The molecular weight excluding hydrogens is 374 g/mol. The Kier molecular flexibility index (Phi) is 5.32. The third-order valence-electron chi connectivity index (χ3n) is 8.96. The van der Waals surface area contributed by atoms with Crippen LogP contribution in [0.5, 0.6) is 0 Å². The number of carbonyl (C=O) groups is 2. The molecule has 5 saturated carbocycles. The van der Waals surface area contributed by atoms with Crippen molar-refractivity contribution in [2.75, 3.05) is 0 Å². The normalized spacial score (nSPS) is 34.6. The van der Waals surface area contributed by atoms with Crippen molar-refractivity contribution in [2.45, 2.75) is 70.8 Å². The molecule has 5 aliphatic rings. The molecule has 1 atom stereocenters. The maximum Gasteiger partial charge on any atom is 0.221 e. The highest BCUT2D eigenvalue weighted by molar-refractivity contribution is 5.81. The average molecular weight is 410 g/mol. The molecule has 5 nitrogen and oxygen atoms in total. The molecule has 1 aromatic heterocycles. The van der Waals surface area contributed by atoms with Crippen molar-refractivity contribution in [3.8, 4) is 0 Å². The van der Waals surface area contributed by atoms with E-state index in [2.05, 4.69) is 10.3 Å². The number of pyridine rings is 1. The van der Waals surface area contributed by atoms with Crippen LogP contribution in [0.3, 0.4) is 0 Å². The van der Waals surface area contributed by atoms with Gasteiger partial charge in [-0.05, 0) is 92.1 Å². The Morgan fingerprint density at radius 2 is 1.73 bits per heavy atom. The van der Waals surface area contributed by atoms with E-state index in [0.717, 1.165) is 43.2 Å². The van der Waals surface area contributed by atoms with Crippen LogP contribution in [0.15, 0.2) is 24.4 Å². The van der Waals surface area contributed by atoms with Crippen molar-refractivity contribution in [3.63, 3.8) is 0 Å². The molecule has 3 N–H and O–H groups in total. The van der Waals surface area contributed by atoms with Gasteiger partial charge in [0.1, 0.15) is 0 Å². The van der Waals surface area contributed by atoms with Crippen LogP contribution in [-0.2, 0) is 16.1 Å². The van der Waals surface area contributed by atoms with E-state index in [1.807, 2.05) is 18.2 Å². The first-order valence-corrected chi connectivity index (χ1v) is 12.0. The molecule has 4 bridgehead atoms. The summed E-state index contributed by atoms with van der Waals surface area (Å²) < 4.78 is 0. The Hall–Kier alpha value is -1.91. The van der Waals surface area contributed by atoms with E-state index in [1.165, 1.54) is 32.1 Å². The summed E-state index contributed by atoms with van der Waals surface area (Å²) in [4.78, 5) is 30.3. The maximum atomic E-state index is 13.0. The topological polar surface area (TPSA) is 85.1 Å². The predicted molar refractivity (Wildman–Crippen MR) is 115 cm³/mol. The second-order valence-corrected chi connectivity index (χ2v) is 10.7. The van der Waals surface area contributed by atoms with Crippen LogP contribution in [0.2, 0.25) is 0 Å². The summed E-state index contributed by atoms with van der Waals surface area (Å²) in [7, 11) is 0. The minimum atomic E-state index is -0.250. The van der Waals surface area contributed by atoms with Gasteiger partial charge in [0.25, 0.3) is 0 Å². The minimum absolute atomic E-state index is 0.0395. The lowest BCUT2D eigenvalue weighted by Gasteiger charge is -2.58. The van der Waals surface area contributed by atoms with Crippen LogP contribution in [0.4, 0.5) is 0 Å². The van der Waals surface area contributed by atoms with E-state index in [-0.39, 0.29) is 23.1 Å². The number of hydrogen-bond acceptors (Lipinski definition) is 3. The van der Waals surface area contributed by atoms with Crippen molar-refractivity contribution >= 4 is 11.8 Å². The molecule has 0 radical (unpaired) electrons. The number of amides is 2. The Labute approximate surface area is 179 Å². The fraction of sp³-hybridized carbons (Fsp3) is 0.720. The first-order chi connectivity index (χ1) is 14.5. The molecule has 0 aromatic carbocycles. The van der Waals surface area contributed by atoms with E-state index in [1.54, 1.807) is 6.20 Å². The zero-order valence-electron chi connectivity index (χ0n) is 17.9. The Balaban J connectivity index is 1.35. The van der Waals surface area contributed by atoms with Crippen LogP contribution < -0.4 is 11.1 Å². The van der Waals surface area contributed by atoms with Crippen molar-refractivity contribution < 1.29 is 9.59 Å². The monoisotopic (exact) mass is 409 g/mol. The SMILES string of the molecule is NC(=O)C(C1C2CC3CC(C2)CC1C3)C1(CC(=O)NCc2ccccn2)CCCC1. The highest BCUT2D eigenvalue weighted by Gasteiger charge is 2.57. The second kappa shape index (κ2) is 7.97. The molecule has 6 rings (SSSR count). The lowest BCUT2D eigenvalue weighted by Crippen LogP contribution is -2.55. The van der Waals surface area contributed by atoms with Gasteiger partial charge in [-0.1, -0.05) is 18.9 Å². The summed E-state index contributed by atoms with van der Waals surface area (Å²) in [5.41, 5.74) is 6.75. The molecule has 5 fully saturated rings. The van der Waals surface area contributed by atoms with Crippen LogP contribution >= 0.6 is 0 Å². The van der Waals surface area contributed by atoms with Gasteiger partial charge < -0.3 is 11.1 Å². The van der Waals surface area contributed by atoms with Gasteiger partial charge in [-0.3, -0.25) is 14.6 Å². The molecule has 5 heteroatoms. The third-order valence-corrected chi connectivity index (χ3v) is 8.96. The smallest absolute Gasteiger partial charge is 0.221 e. The molecule has 0 saturated heterocycles. The van der Waals surface area contributed by atoms with E-state index in [4.69, 9.17) is 5.73 Å². The number of primary amides is 1. The quantitative estimate of drug-likeness (QED) is 0.718. The van der Waals surface area contributed by atoms with E-state index in [9.17, 15) is 9.59 Å². The third kappa shape index (κ3) is 3.65. The van der Waals surface area contributed by atoms with Gasteiger partial charge in [-0.25, -0.2) is 0 Å². The number of nitrogens with one attached hydrogen (secondary N) is 1. The van der Waals surface area contributed by atoms with Crippen LogP contribution in [-0.4, -0.2) is 16.8 Å². The van der Waals surface area contributed by atoms with Gasteiger partial charge >= 0.3 is 0 Å². The highest BCUT2D eigenvalue weighted by atomic mass is 16.2. The largest absolute Gasteiger partial charge is 0.369 e. The molecule has 1 unspecified atom stereocenters. The van der Waals surface area contributed by atoms with Crippen molar-refractivity contribution in [1.82, 2.24) is 10.3 Å². The van der Waals surface area contributed by atoms with Crippen LogP contribution in [0.25, 0.3) is 0 Å². The van der Waals surface area contributed by atoms with Crippen LogP contribution in [0, 0.1) is 40.9 Å². The summed E-state index contributed by atoms with van der Waals surface area (Å²) in [6.45, 7) is 0.440. The highest BCUT2D eigenvalue weighted by Crippen LogP contribution is 2.62. The van der Waals surface area contributed by atoms with Gasteiger partial charge in [-0.2, -0.15) is 0 Å². The van der Waals surface area contributed by atoms with Crippen LogP contribution in [0.1, 0.15) is 69.9 Å². The lowest BCUT2D eigenvalue weighted by atomic mass is 9.46. The standard InChI is InChI=1S/C25H35N3O2/c26-24(30)23(22-18-10-16-9-17(12-18)13-19(22)11-16)25(6-2-3-7-25)14-21(29)28-15-20-5-1-4-8-27-20/h1,4-5,8,16-19,22-23H,2-3,6-7,9-15H2,(H2,26,30)(H,28,29). The fourth-order valence-electron chi connectivity index (χ4n) is 8.16. The molecule has 162 valence electrons. The minimum Gasteiger partial charge on any atom is -0.369 e. The zero-order chi connectivity index (χ0) is 20.7. The Morgan fingerprint density at radius 1 is 1.07 bits per heavy atom. The van der Waals surface area contributed by atoms with E-state index < -0.39 is 0 Å². The fourth-order valence-corrected chi connectivity index (χ4v) is 8.16. The average Bonchev–Trinajstić information content (AvgIpc) is 3.18. The summed E-state index contributed by atoms with van der Waals surface area (Å²) in [6, 6.07) is 5.73. The molecule has 30 heavy (non-hydrogen) atoms. The molecule has 2 amide bonds. The van der Waals surface area contributed by atoms with Gasteiger partial charge in [0.2, 0.25) is 11.8 Å². The summed E-state index contributed by atoms with van der Waals surface area (Å²) in [5, 5.41) is 3.06. The van der Waals surface area contributed by atoms with Gasteiger partial charge in [0.15, 0.2) is 0 Å². The van der Waals surface area contributed by atoms with E-state index >= 15 is 0 Å². The van der Waals surface area contributed by atoms with Crippen molar-refractivity contribution in [2.24, 2.45) is 46.7 Å². The number of aromatic nitrogens is 1.